The molecule has 0 aliphatic rings. The number of benzene rings is 1. The Morgan fingerprint density at radius 3 is 1.34 bits per heavy atom. The van der Waals surface area contributed by atoms with Gasteiger partial charge in [-0.15, -0.1) is 0 Å². The fraction of sp³-hybridized carbons (Fsp3) is 0.692. The van der Waals surface area contributed by atoms with Crippen molar-refractivity contribution in [3.05, 3.63) is 36.4 Å². The first kappa shape index (κ1) is 26.1. The molecule has 0 amide bonds. The van der Waals surface area contributed by atoms with Crippen molar-refractivity contribution < 1.29 is 0 Å². The van der Waals surface area contributed by atoms with Gasteiger partial charge in [0.2, 0.25) is 8.40 Å². The lowest BCUT2D eigenvalue weighted by atomic mass is 10.1. The first-order chi connectivity index (χ1) is 13.9. The Hall–Kier alpha value is -0.903. The van der Waals surface area contributed by atoms with Gasteiger partial charge in [-0.05, 0) is 76.1 Å². The predicted molar refractivity (Wildman–Crippen MR) is 135 cm³/mol. The molecule has 0 saturated heterocycles. The van der Waals surface area contributed by atoms with Crippen LogP contribution < -0.4 is 5.19 Å². The molecule has 1 rings (SSSR count). The summed E-state index contributed by atoms with van der Waals surface area (Å²) in [5.74, 6) is 0. The summed E-state index contributed by atoms with van der Waals surface area (Å²) in [7, 11) is -1.95. The molecule has 2 nitrogen and oxygen atoms in total. The van der Waals surface area contributed by atoms with Crippen LogP contribution in [0.3, 0.4) is 0 Å². The molecule has 0 aliphatic carbocycles. The molecule has 0 aliphatic heterocycles. The smallest absolute Gasteiger partial charge is 0.236 e. The van der Waals surface area contributed by atoms with Crippen molar-refractivity contribution in [3.63, 3.8) is 0 Å². The van der Waals surface area contributed by atoms with Crippen molar-refractivity contribution >= 4 is 19.2 Å². The average Bonchev–Trinajstić information content (AvgIpc) is 2.73. The van der Waals surface area contributed by atoms with Crippen LogP contribution in [-0.2, 0) is 0 Å². The first-order valence-electron chi connectivity index (χ1n) is 12.2. The third-order valence-corrected chi connectivity index (χ3v) is 11.1. The van der Waals surface area contributed by atoms with Gasteiger partial charge in [0, 0.05) is 0 Å². The van der Waals surface area contributed by atoms with Crippen LogP contribution in [0.2, 0.25) is 6.55 Å². The first-order valence-corrected chi connectivity index (χ1v) is 14.6. The maximum atomic E-state index is 4.14. The zero-order valence-corrected chi connectivity index (χ0v) is 21.4. The lowest BCUT2D eigenvalue weighted by molar-refractivity contribution is 0.316. The summed E-state index contributed by atoms with van der Waals surface area (Å²) in [4.78, 5) is 0. The molecular formula is C26H48N2Si. The quantitative estimate of drug-likeness (QED) is 0.273. The SMILES string of the molecule is C=C(C)c1ccc([Si](C)(N(CCCC)CCCC)N(CCCC)CCCC)cc1. The van der Waals surface area contributed by atoms with E-state index in [4.69, 9.17) is 0 Å². The molecule has 0 N–H and O–H groups in total. The van der Waals surface area contributed by atoms with Gasteiger partial charge >= 0.3 is 0 Å². The molecule has 0 saturated carbocycles. The van der Waals surface area contributed by atoms with E-state index >= 15 is 0 Å². The molecule has 1 aromatic rings. The molecule has 166 valence electrons. The van der Waals surface area contributed by atoms with Gasteiger partial charge in [0.05, 0.1) is 0 Å². The maximum Gasteiger partial charge on any atom is 0.236 e. The van der Waals surface area contributed by atoms with Gasteiger partial charge in [-0.2, -0.15) is 0 Å². The van der Waals surface area contributed by atoms with Crippen LogP contribution in [0.25, 0.3) is 5.57 Å². The minimum Gasteiger partial charge on any atom is -0.308 e. The topological polar surface area (TPSA) is 6.48 Å². The second kappa shape index (κ2) is 14.2. The molecule has 0 fully saturated rings. The van der Waals surface area contributed by atoms with E-state index in [0.717, 1.165) is 5.57 Å². The van der Waals surface area contributed by atoms with E-state index in [9.17, 15) is 0 Å². The average molecular weight is 417 g/mol. The van der Waals surface area contributed by atoms with Crippen molar-refractivity contribution in [2.75, 3.05) is 26.2 Å². The lowest BCUT2D eigenvalue weighted by Gasteiger charge is -2.48. The van der Waals surface area contributed by atoms with Crippen LogP contribution in [0, 0.1) is 0 Å². The van der Waals surface area contributed by atoms with Gasteiger partial charge in [-0.1, -0.05) is 89.8 Å². The van der Waals surface area contributed by atoms with Crippen LogP contribution in [0.1, 0.15) is 91.5 Å². The highest BCUT2D eigenvalue weighted by Gasteiger charge is 2.42. The van der Waals surface area contributed by atoms with E-state index in [1.165, 1.54) is 83.1 Å². The van der Waals surface area contributed by atoms with E-state index < -0.39 is 8.40 Å². The molecule has 0 heterocycles. The summed E-state index contributed by atoms with van der Waals surface area (Å²) in [6.45, 7) is 23.1. The van der Waals surface area contributed by atoms with Crippen molar-refractivity contribution in [2.45, 2.75) is 92.5 Å². The molecule has 0 aromatic heterocycles. The van der Waals surface area contributed by atoms with Crippen molar-refractivity contribution in [3.8, 4) is 0 Å². The largest absolute Gasteiger partial charge is 0.308 e. The number of unbranched alkanes of at least 4 members (excludes halogenated alkanes) is 4. The second-order valence-electron chi connectivity index (χ2n) is 8.77. The number of nitrogens with zero attached hydrogens (tertiary/aromatic N) is 2. The third-order valence-electron chi connectivity index (χ3n) is 6.28. The van der Waals surface area contributed by atoms with Crippen LogP contribution in [-0.4, -0.2) is 43.7 Å². The third kappa shape index (κ3) is 7.69. The highest BCUT2D eigenvalue weighted by Crippen LogP contribution is 2.21. The summed E-state index contributed by atoms with van der Waals surface area (Å²) in [6, 6.07) is 9.45. The van der Waals surface area contributed by atoms with Gasteiger partial charge < -0.3 is 9.13 Å². The van der Waals surface area contributed by atoms with E-state index in [-0.39, 0.29) is 0 Å². The zero-order chi connectivity index (χ0) is 21.7. The Morgan fingerprint density at radius 2 is 1.07 bits per heavy atom. The molecule has 0 atom stereocenters. The summed E-state index contributed by atoms with van der Waals surface area (Å²) >= 11 is 0. The molecular weight excluding hydrogens is 368 g/mol. The molecule has 29 heavy (non-hydrogen) atoms. The monoisotopic (exact) mass is 416 g/mol. The van der Waals surface area contributed by atoms with E-state index in [1.807, 2.05) is 0 Å². The van der Waals surface area contributed by atoms with Gasteiger partial charge in [0.1, 0.15) is 0 Å². The second-order valence-corrected chi connectivity index (χ2v) is 12.7. The molecule has 3 heteroatoms. The molecule has 0 unspecified atom stereocenters. The molecule has 0 radical (unpaired) electrons. The highest BCUT2D eigenvalue weighted by atomic mass is 28.3. The van der Waals surface area contributed by atoms with E-state index in [1.54, 1.807) is 5.19 Å². The van der Waals surface area contributed by atoms with Gasteiger partial charge in [0.25, 0.3) is 0 Å². The van der Waals surface area contributed by atoms with Crippen molar-refractivity contribution in [2.24, 2.45) is 0 Å². The number of rotatable bonds is 16. The standard InChI is InChI=1S/C26H48N2Si/c1-8-12-20-27(21-13-9-2)29(7,28(22-14-10-3)23-15-11-4)26-18-16-25(17-19-26)24(5)6/h16-19H,5,8-15,20-23H2,1-4,6-7H3. The molecule has 0 bridgehead atoms. The fourth-order valence-corrected chi connectivity index (χ4v) is 8.43. The Kier molecular flexibility index (Phi) is 12.8. The Balaban J connectivity index is 3.41. The summed E-state index contributed by atoms with van der Waals surface area (Å²) in [5.41, 5.74) is 2.43. The minimum atomic E-state index is -1.95. The predicted octanol–water partition coefficient (Wildman–Crippen LogP) is 6.80. The Morgan fingerprint density at radius 1 is 0.724 bits per heavy atom. The van der Waals surface area contributed by atoms with Crippen molar-refractivity contribution in [1.82, 2.24) is 9.13 Å². The number of hydrogen-bond donors (Lipinski definition) is 0. The molecule has 0 spiro atoms. The van der Waals surface area contributed by atoms with Crippen LogP contribution in [0.4, 0.5) is 0 Å². The maximum absolute atomic E-state index is 4.14. The van der Waals surface area contributed by atoms with Crippen LogP contribution >= 0.6 is 0 Å². The summed E-state index contributed by atoms with van der Waals surface area (Å²) < 4.78 is 5.84. The Labute approximate surface area is 183 Å². The van der Waals surface area contributed by atoms with Crippen LogP contribution in [0.5, 0.6) is 0 Å². The fourth-order valence-electron chi connectivity index (χ4n) is 4.13. The van der Waals surface area contributed by atoms with Gasteiger partial charge in [-0.3, -0.25) is 0 Å². The van der Waals surface area contributed by atoms with E-state index in [0.29, 0.717) is 0 Å². The lowest BCUT2D eigenvalue weighted by Crippen LogP contribution is -2.71. The van der Waals surface area contributed by atoms with Crippen LogP contribution in [0.15, 0.2) is 30.8 Å². The van der Waals surface area contributed by atoms with Gasteiger partial charge in [0.15, 0.2) is 0 Å². The highest BCUT2D eigenvalue weighted by molar-refractivity contribution is 6.86. The summed E-state index contributed by atoms with van der Waals surface area (Å²) in [6.07, 6.45) is 10.3. The van der Waals surface area contributed by atoms with Gasteiger partial charge in [-0.25, -0.2) is 0 Å². The number of hydrogen-bond acceptors (Lipinski definition) is 2. The van der Waals surface area contributed by atoms with Crippen molar-refractivity contribution in [1.29, 1.82) is 0 Å². The number of allylic oxidation sites excluding steroid dienone is 1. The minimum absolute atomic E-state index is 1.16. The summed E-state index contributed by atoms with van der Waals surface area (Å²) in [5, 5.41) is 1.57. The molecule has 1 aromatic carbocycles. The van der Waals surface area contributed by atoms with E-state index in [2.05, 4.69) is 81.1 Å². The Bertz CT molecular complexity index is 531. The normalized spacial score (nSPS) is 12.1. The zero-order valence-electron chi connectivity index (χ0n) is 20.4.